The number of phenolic OH excluding ortho intramolecular Hbond substituents is 1. The predicted molar refractivity (Wildman–Crippen MR) is 73.1 cm³/mol. The Bertz CT molecular complexity index is 634. The van der Waals surface area contributed by atoms with Gasteiger partial charge >= 0.3 is 0 Å². The first-order chi connectivity index (χ1) is 9.58. The Balaban J connectivity index is 1.80. The number of rotatable bonds is 1. The number of aryl methyl sites for hydroxylation is 1. The van der Waals surface area contributed by atoms with Crippen molar-refractivity contribution in [2.45, 2.75) is 13.3 Å². The maximum atomic E-state index is 12.6. The lowest BCUT2D eigenvalue weighted by atomic mass is 9.85. The van der Waals surface area contributed by atoms with Gasteiger partial charge in [-0.25, -0.2) is 4.90 Å². The van der Waals surface area contributed by atoms with Gasteiger partial charge in [-0.1, -0.05) is 18.2 Å². The van der Waals surface area contributed by atoms with E-state index in [0.717, 1.165) is 12.0 Å². The van der Waals surface area contributed by atoms with Crippen molar-refractivity contribution >= 4 is 17.5 Å². The molecule has 0 aromatic heterocycles. The molecule has 0 spiro atoms. The molecule has 2 aliphatic carbocycles. The summed E-state index contributed by atoms with van der Waals surface area (Å²) < 4.78 is 0. The highest BCUT2D eigenvalue weighted by Gasteiger charge is 2.59. The van der Waals surface area contributed by atoms with Crippen LogP contribution in [0.2, 0.25) is 0 Å². The van der Waals surface area contributed by atoms with Crippen LogP contribution in [-0.4, -0.2) is 16.9 Å². The average molecular weight is 269 g/mol. The molecule has 1 N–H and O–H groups in total. The number of allylic oxidation sites excluding steroid dienone is 2. The maximum Gasteiger partial charge on any atom is 0.238 e. The summed E-state index contributed by atoms with van der Waals surface area (Å²) in [6.45, 7) is 1.88. The zero-order chi connectivity index (χ0) is 14.0. The van der Waals surface area contributed by atoms with Crippen LogP contribution >= 0.6 is 0 Å². The van der Waals surface area contributed by atoms with Gasteiger partial charge in [0.15, 0.2) is 0 Å². The molecule has 0 radical (unpaired) electrons. The lowest BCUT2D eigenvalue weighted by Gasteiger charge is -2.18. The fourth-order valence-electron chi connectivity index (χ4n) is 3.95. The SMILES string of the molecule is Cc1ccc(O)c(N2C(=O)[C@@H]3[C@H](C2=O)[C@@H]2C=C[C@H]3C2)c1. The molecule has 1 aliphatic heterocycles. The summed E-state index contributed by atoms with van der Waals surface area (Å²) in [6, 6.07) is 4.99. The minimum atomic E-state index is -0.225. The van der Waals surface area contributed by atoms with Crippen LogP contribution in [0.4, 0.5) is 5.69 Å². The van der Waals surface area contributed by atoms with Crippen LogP contribution in [0.1, 0.15) is 12.0 Å². The molecule has 4 nitrogen and oxygen atoms in total. The van der Waals surface area contributed by atoms with E-state index in [0.29, 0.717) is 5.69 Å². The van der Waals surface area contributed by atoms with Gasteiger partial charge in [-0.2, -0.15) is 0 Å². The summed E-state index contributed by atoms with van der Waals surface area (Å²) in [6.07, 6.45) is 5.05. The summed E-state index contributed by atoms with van der Waals surface area (Å²) in [5.74, 6) is -0.389. The van der Waals surface area contributed by atoms with Gasteiger partial charge < -0.3 is 5.11 Å². The van der Waals surface area contributed by atoms with E-state index in [4.69, 9.17) is 0 Å². The van der Waals surface area contributed by atoms with Crippen LogP contribution < -0.4 is 4.90 Å². The molecular weight excluding hydrogens is 254 g/mol. The van der Waals surface area contributed by atoms with Crippen molar-refractivity contribution in [1.29, 1.82) is 0 Å². The van der Waals surface area contributed by atoms with Crippen LogP contribution in [0.15, 0.2) is 30.4 Å². The number of amides is 2. The Morgan fingerprint density at radius 1 is 1.10 bits per heavy atom. The number of carbonyl (C=O) groups excluding carboxylic acids is 2. The molecule has 1 aromatic carbocycles. The third-order valence-corrected chi connectivity index (χ3v) is 4.84. The van der Waals surface area contributed by atoms with Gasteiger partial charge in [0.25, 0.3) is 0 Å². The van der Waals surface area contributed by atoms with Crippen molar-refractivity contribution < 1.29 is 14.7 Å². The number of imide groups is 1. The van der Waals surface area contributed by atoms with E-state index in [9.17, 15) is 14.7 Å². The largest absolute Gasteiger partial charge is 0.506 e. The minimum Gasteiger partial charge on any atom is -0.506 e. The van der Waals surface area contributed by atoms with Crippen LogP contribution in [0.5, 0.6) is 5.75 Å². The van der Waals surface area contributed by atoms with E-state index in [-0.39, 0.29) is 41.2 Å². The van der Waals surface area contributed by atoms with Crippen LogP contribution in [0.25, 0.3) is 0 Å². The monoisotopic (exact) mass is 269 g/mol. The van der Waals surface area contributed by atoms with Crippen molar-refractivity contribution in [2.24, 2.45) is 23.7 Å². The zero-order valence-corrected chi connectivity index (χ0v) is 11.1. The van der Waals surface area contributed by atoms with Crippen LogP contribution in [0.3, 0.4) is 0 Å². The molecule has 2 bridgehead atoms. The van der Waals surface area contributed by atoms with Gasteiger partial charge in [0, 0.05) is 0 Å². The molecule has 20 heavy (non-hydrogen) atoms. The van der Waals surface area contributed by atoms with E-state index in [1.807, 2.05) is 6.92 Å². The molecule has 2 fully saturated rings. The topological polar surface area (TPSA) is 57.6 Å². The third kappa shape index (κ3) is 1.31. The highest BCUT2D eigenvalue weighted by atomic mass is 16.3. The molecule has 1 saturated heterocycles. The van der Waals surface area contributed by atoms with E-state index >= 15 is 0 Å². The van der Waals surface area contributed by atoms with Gasteiger partial charge in [-0.15, -0.1) is 0 Å². The van der Waals surface area contributed by atoms with Gasteiger partial charge in [0.05, 0.1) is 17.5 Å². The highest BCUT2D eigenvalue weighted by molar-refractivity contribution is 6.23. The quantitative estimate of drug-likeness (QED) is 0.626. The second-order valence-corrected chi connectivity index (χ2v) is 6.00. The number of anilines is 1. The first kappa shape index (κ1) is 11.7. The molecule has 1 aromatic rings. The van der Waals surface area contributed by atoms with E-state index in [1.165, 1.54) is 11.0 Å². The molecule has 4 heteroatoms. The predicted octanol–water partition coefficient (Wildman–Crippen LogP) is 2.01. The molecule has 3 aliphatic rings. The minimum absolute atomic E-state index is 0.0161. The highest BCUT2D eigenvalue weighted by Crippen LogP contribution is 2.53. The lowest BCUT2D eigenvalue weighted by Crippen LogP contribution is -2.32. The number of phenols is 1. The Morgan fingerprint density at radius 3 is 2.30 bits per heavy atom. The molecule has 4 rings (SSSR count). The number of hydrogen-bond donors (Lipinski definition) is 1. The summed E-state index contributed by atoms with van der Waals surface area (Å²) in [5, 5.41) is 9.98. The Morgan fingerprint density at radius 2 is 1.70 bits per heavy atom. The maximum absolute atomic E-state index is 12.6. The Kier molecular flexibility index (Phi) is 2.18. The van der Waals surface area contributed by atoms with Crippen LogP contribution in [-0.2, 0) is 9.59 Å². The average Bonchev–Trinajstić information content (AvgIpc) is 3.08. The first-order valence-corrected chi connectivity index (χ1v) is 6.93. The molecule has 1 heterocycles. The molecule has 1 saturated carbocycles. The fourth-order valence-corrected chi connectivity index (χ4v) is 3.95. The summed E-state index contributed by atoms with van der Waals surface area (Å²) in [5.41, 5.74) is 1.24. The number of nitrogens with zero attached hydrogens (tertiary/aromatic N) is 1. The third-order valence-electron chi connectivity index (χ3n) is 4.84. The smallest absolute Gasteiger partial charge is 0.238 e. The Hall–Kier alpha value is -2.10. The molecule has 102 valence electrons. The number of benzene rings is 1. The van der Waals surface area contributed by atoms with Crippen molar-refractivity contribution in [2.75, 3.05) is 4.90 Å². The lowest BCUT2D eigenvalue weighted by molar-refractivity contribution is -0.123. The molecule has 4 atom stereocenters. The number of aromatic hydroxyl groups is 1. The van der Waals surface area contributed by atoms with Crippen molar-refractivity contribution in [1.82, 2.24) is 0 Å². The molecule has 2 amide bonds. The summed E-state index contributed by atoms with van der Waals surface area (Å²) in [4.78, 5) is 26.4. The van der Waals surface area contributed by atoms with Crippen molar-refractivity contribution in [3.63, 3.8) is 0 Å². The first-order valence-electron chi connectivity index (χ1n) is 6.93. The number of carbonyl (C=O) groups is 2. The summed E-state index contributed by atoms with van der Waals surface area (Å²) in [7, 11) is 0. The Labute approximate surface area is 116 Å². The van der Waals surface area contributed by atoms with Gasteiger partial charge in [-0.3, -0.25) is 9.59 Å². The molecule has 0 unspecified atom stereocenters. The van der Waals surface area contributed by atoms with E-state index in [1.54, 1.807) is 12.1 Å². The number of fused-ring (bicyclic) bond motifs is 5. The second kappa shape index (κ2) is 3.72. The van der Waals surface area contributed by atoms with Crippen molar-refractivity contribution in [3.05, 3.63) is 35.9 Å². The standard InChI is InChI=1S/C16H15NO3/c1-8-2-5-12(18)11(6-8)17-15(19)13-9-3-4-10(7-9)14(13)16(17)20/h2-6,9-10,13-14,18H,7H2,1H3/t9-,10+,13-,14+. The van der Waals surface area contributed by atoms with Gasteiger partial charge in [0.2, 0.25) is 11.8 Å². The molecular formula is C16H15NO3. The van der Waals surface area contributed by atoms with Gasteiger partial charge in [0.1, 0.15) is 5.75 Å². The van der Waals surface area contributed by atoms with E-state index < -0.39 is 0 Å². The number of hydrogen-bond acceptors (Lipinski definition) is 3. The van der Waals surface area contributed by atoms with Crippen molar-refractivity contribution in [3.8, 4) is 5.75 Å². The summed E-state index contributed by atoms with van der Waals surface area (Å²) >= 11 is 0. The normalized spacial score (nSPS) is 34.1. The zero-order valence-electron chi connectivity index (χ0n) is 11.1. The fraction of sp³-hybridized carbons (Fsp3) is 0.375. The van der Waals surface area contributed by atoms with Crippen LogP contribution in [0, 0.1) is 30.6 Å². The van der Waals surface area contributed by atoms with E-state index in [2.05, 4.69) is 12.2 Å². The second-order valence-electron chi connectivity index (χ2n) is 6.00. The van der Waals surface area contributed by atoms with Gasteiger partial charge in [-0.05, 0) is 42.9 Å².